The second-order valence-electron chi connectivity index (χ2n) is 17.3. The Labute approximate surface area is 395 Å². The number of rotatable bonds is 40. The number of carbonyl (C=O) groups excluding carboxylic acids is 8. The molecule has 10 N–H and O–H groups in total. The van der Waals surface area contributed by atoms with Crippen molar-refractivity contribution in [1.82, 2.24) is 31.2 Å². The van der Waals surface area contributed by atoms with Crippen LogP contribution >= 0.6 is 0 Å². The fourth-order valence-electron chi connectivity index (χ4n) is 7.53. The normalized spacial score (nSPS) is 15.6. The molecule has 1 aromatic heterocycles. The van der Waals surface area contributed by atoms with Gasteiger partial charge in [-0.05, 0) is 58.8 Å². The number of hydrogen-bond acceptors (Lipinski definition) is 17. The number of carbonyl (C=O) groups is 10. The fourth-order valence-corrected chi connectivity index (χ4v) is 7.53. The summed E-state index contributed by atoms with van der Waals surface area (Å²) in [5, 5.41) is 39.9. The SMILES string of the molecule is COCC(=O)C[C@@H](CCC(=O)NCCOCCOCC(=O)C[C@@H](CCC(=O)NCCCC[C@H](NCC(=O)C1(CC(=O)[C@@H](N)Cc2cnc[nH]2)CCC1)C(=O)N[C@H](C(C)=O)[C@@H](C)O)C(=O)O)C(=O)O. The first-order valence-electron chi connectivity index (χ1n) is 23.0. The van der Waals surface area contributed by atoms with Crippen molar-refractivity contribution in [1.29, 1.82) is 0 Å². The van der Waals surface area contributed by atoms with E-state index in [2.05, 4.69) is 31.2 Å². The number of nitrogens with zero attached hydrogens (tertiary/aromatic N) is 1. The summed E-state index contributed by atoms with van der Waals surface area (Å²) in [5.74, 6) is -7.90. The second kappa shape index (κ2) is 31.7. The van der Waals surface area contributed by atoms with E-state index in [-0.39, 0.29) is 128 Å². The van der Waals surface area contributed by atoms with E-state index in [1.54, 1.807) is 6.20 Å². The van der Waals surface area contributed by atoms with Crippen molar-refractivity contribution < 1.29 is 77.5 Å². The monoisotopic (exact) mass is 965 g/mol. The number of aliphatic hydroxyl groups is 1. The number of ether oxygens (including phenoxy) is 3. The highest BCUT2D eigenvalue weighted by atomic mass is 16.5. The Morgan fingerprint density at radius 2 is 1.44 bits per heavy atom. The molecule has 23 heteroatoms. The first-order chi connectivity index (χ1) is 32.3. The number of Topliss-reactive ketones (excluding diaryl/α,β-unsaturated/α-hetero) is 5. The van der Waals surface area contributed by atoms with Crippen LogP contribution in [0.1, 0.15) is 103 Å². The minimum atomic E-state index is -1.25. The summed E-state index contributed by atoms with van der Waals surface area (Å²) in [6.45, 7) is 2.23. The number of ketones is 5. The molecule has 3 amide bonds. The van der Waals surface area contributed by atoms with Crippen LogP contribution in [0, 0.1) is 17.3 Å². The topological polar surface area (TPSA) is 362 Å². The number of nitrogens with one attached hydrogen (secondary N) is 5. The molecule has 0 radical (unpaired) electrons. The zero-order valence-corrected chi connectivity index (χ0v) is 39.3. The van der Waals surface area contributed by atoms with E-state index in [4.69, 9.17) is 19.9 Å². The Morgan fingerprint density at radius 3 is 1.97 bits per heavy atom. The van der Waals surface area contributed by atoms with E-state index in [0.29, 0.717) is 31.4 Å². The van der Waals surface area contributed by atoms with Crippen LogP contribution < -0.4 is 27.0 Å². The number of aliphatic hydroxyl groups excluding tert-OH is 1. The lowest BCUT2D eigenvalue weighted by molar-refractivity contribution is -0.145. The molecule has 1 aliphatic carbocycles. The first-order valence-corrected chi connectivity index (χ1v) is 23.0. The highest BCUT2D eigenvalue weighted by Crippen LogP contribution is 2.45. The summed E-state index contributed by atoms with van der Waals surface area (Å²) < 4.78 is 15.3. The molecule has 0 aliphatic heterocycles. The van der Waals surface area contributed by atoms with Crippen molar-refractivity contribution >= 4 is 58.6 Å². The molecule has 0 unspecified atom stereocenters. The van der Waals surface area contributed by atoms with Crippen molar-refractivity contribution in [2.24, 2.45) is 23.0 Å². The summed E-state index contributed by atoms with van der Waals surface area (Å²) in [6.07, 6.45) is 3.73. The van der Waals surface area contributed by atoms with Crippen LogP contribution in [0.3, 0.4) is 0 Å². The minimum absolute atomic E-state index is 0.00276. The van der Waals surface area contributed by atoms with Crippen molar-refractivity contribution in [3.8, 4) is 0 Å². The van der Waals surface area contributed by atoms with Gasteiger partial charge in [0.2, 0.25) is 17.7 Å². The molecular weight excluding hydrogens is 895 g/mol. The lowest BCUT2D eigenvalue weighted by Gasteiger charge is -2.40. The van der Waals surface area contributed by atoms with E-state index in [1.165, 1.54) is 27.3 Å². The number of aromatic nitrogens is 2. The predicted octanol–water partition coefficient (Wildman–Crippen LogP) is -0.646. The Bertz CT molecular complexity index is 1820. The van der Waals surface area contributed by atoms with Gasteiger partial charge in [0.15, 0.2) is 28.9 Å². The highest BCUT2D eigenvalue weighted by Gasteiger charge is 2.46. The Balaban J connectivity index is 1.73. The fraction of sp³-hybridized carbons (Fsp3) is 0.711. The molecule has 0 aromatic carbocycles. The summed E-state index contributed by atoms with van der Waals surface area (Å²) in [7, 11) is 1.32. The van der Waals surface area contributed by atoms with Gasteiger partial charge in [0.05, 0.1) is 62.7 Å². The van der Waals surface area contributed by atoms with Gasteiger partial charge in [-0.3, -0.25) is 53.3 Å². The van der Waals surface area contributed by atoms with Gasteiger partial charge in [0, 0.05) is 76.0 Å². The molecule has 68 heavy (non-hydrogen) atoms. The van der Waals surface area contributed by atoms with Gasteiger partial charge in [-0.2, -0.15) is 0 Å². The highest BCUT2D eigenvalue weighted by molar-refractivity contribution is 5.95. The molecule has 0 spiro atoms. The molecular formula is C45H71N7O16. The summed E-state index contributed by atoms with van der Waals surface area (Å²) >= 11 is 0. The van der Waals surface area contributed by atoms with Crippen LogP contribution in [0.5, 0.6) is 0 Å². The molecule has 23 nitrogen and oxygen atoms in total. The van der Waals surface area contributed by atoms with Crippen molar-refractivity contribution in [2.75, 3.05) is 59.8 Å². The van der Waals surface area contributed by atoms with E-state index in [0.717, 1.165) is 6.42 Å². The summed E-state index contributed by atoms with van der Waals surface area (Å²) in [4.78, 5) is 131. The third-order valence-electron chi connectivity index (χ3n) is 11.7. The van der Waals surface area contributed by atoms with Crippen LogP contribution in [0.15, 0.2) is 12.5 Å². The van der Waals surface area contributed by atoms with Crippen LogP contribution in [0.25, 0.3) is 0 Å². The first kappa shape index (κ1) is 58.8. The lowest BCUT2D eigenvalue weighted by atomic mass is 9.62. The van der Waals surface area contributed by atoms with Crippen LogP contribution in [0.2, 0.25) is 0 Å². The molecule has 382 valence electrons. The number of methoxy groups -OCH3 is 1. The number of imidazole rings is 1. The third-order valence-corrected chi connectivity index (χ3v) is 11.7. The van der Waals surface area contributed by atoms with Crippen LogP contribution in [-0.2, 0) is 68.6 Å². The Hall–Kier alpha value is -5.33. The number of unbranched alkanes of at least 4 members (excludes halogenated alkanes) is 1. The quantitative estimate of drug-likeness (QED) is 0.0369. The number of amides is 3. The summed E-state index contributed by atoms with van der Waals surface area (Å²) in [6, 6.07) is -2.98. The average molecular weight is 966 g/mol. The molecule has 1 saturated carbocycles. The largest absolute Gasteiger partial charge is 0.481 e. The number of aromatic amines is 1. The predicted molar refractivity (Wildman–Crippen MR) is 241 cm³/mol. The number of H-pyrrole nitrogens is 1. The van der Waals surface area contributed by atoms with Gasteiger partial charge >= 0.3 is 11.9 Å². The number of carboxylic acids is 2. The molecule has 1 aliphatic rings. The van der Waals surface area contributed by atoms with Gasteiger partial charge in [0.25, 0.3) is 0 Å². The lowest BCUT2D eigenvalue weighted by Crippen LogP contribution is -2.55. The zero-order valence-electron chi connectivity index (χ0n) is 39.3. The van der Waals surface area contributed by atoms with E-state index >= 15 is 0 Å². The molecule has 1 fully saturated rings. The maximum Gasteiger partial charge on any atom is 0.306 e. The van der Waals surface area contributed by atoms with E-state index in [1.807, 2.05) is 0 Å². The maximum absolute atomic E-state index is 13.6. The van der Waals surface area contributed by atoms with Crippen LogP contribution in [0.4, 0.5) is 0 Å². The summed E-state index contributed by atoms with van der Waals surface area (Å²) in [5.41, 5.74) is 5.93. The molecule has 0 saturated heterocycles. The number of nitrogens with two attached hydrogens (primary N) is 1. The van der Waals surface area contributed by atoms with Crippen LogP contribution in [-0.4, -0.2) is 168 Å². The second-order valence-corrected chi connectivity index (χ2v) is 17.3. The maximum atomic E-state index is 13.6. The minimum Gasteiger partial charge on any atom is -0.481 e. The standard InChI is InChI=1S/C45H71N7O16/c1-28(53)41(29(2)54)52-42(61)36(50-24-38(58)45(12-6-13-45)22-37(57)35(46)21-32-23-47-27-51-32)7-4-5-14-48-39(59)10-8-31(44(64)65)20-34(56)26-68-18-17-67-16-15-49-40(60)11-9-30(43(62)63)19-33(55)25-66-3/h23,27-28,30-31,35-36,41,50,53H,4-22,24-26,46H2,1-3H3,(H,47,51)(H,48,59)(H,49,60)(H,52,61)(H,62,63)(H,64,65)/t28-,30-,31-,35+,36+,41+/m1/s1. The molecule has 6 atom stereocenters. The smallest absolute Gasteiger partial charge is 0.306 e. The molecule has 2 rings (SSSR count). The van der Waals surface area contributed by atoms with Gasteiger partial charge < -0.3 is 56.2 Å². The molecule has 1 heterocycles. The zero-order chi connectivity index (χ0) is 50.6. The molecule has 0 bridgehead atoms. The van der Waals surface area contributed by atoms with Crippen molar-refractivity contribution in [3.63, 3.8) is 0 Å². The van der Waals surface area contributed by atoms with Gasteiger partial charge in [-0.1, -0.05) is 6.42 Å². The number of aliphatic carboxylic acids is 2. The third kappa shape index (κ3) is 22.6. The average Bonchev–Trinajstić information content (AvgIpc) is 3.78. The van der Waals surface area contributed by atoms with E-state index < -0.39 is 82.7 Å². The van der Waals surface area contributed by atoms with Crippen molar-refractivity contribution in [3.05, 3.63) is 18.2 Å². The molecule has 1 aromatic rings. The Kier molecular flexibility index (Phi) is 27.4. The number of hydrogen-bond donors (Lipinski definition) is 9. The van der Waals surface area contributed by atoms with Gasteiger partial charge in [0.1, 0.15) is 19.3 Å². The Morgan fingerprint density at radius 1 is 0.838 bits per heavy atom. The van der Waals surface area contributed by atoms with Gasteiger partial charge in [-0.15, -0.1) is 0 Å². The van der Waals surface area contributed by atoms with Crippen molar-refractivity contribution in [2.45, 2.75) is 128 Å². The number of carboxylic acid groups (broad SMARTS) is 2. The van der Waals surface area contributed by atoms with Gasteiger partial charge in [-0.25, -0.2) is 4.98 Å². The van der Waals surface area contributed by atoms with E-state index in [9.17, 15) is 63.3 Å².